The molecule has 0 saturated heterocycles. The van der Waals surface area contributed by atoms with Crippen LogP contribution in [0.2, 0.25) is 0 Å². The highest BCUT2D eigenvalue weighted by molar-refractivity contribution is 7.86. The predicted molar refractivity (Wildman–Crippen MR) is 50.4 cm³/mol. The number of nitrogen functional groups attached to an aromatic ring is 1. The van der Waals surface area contributed by atoms with Crippen LogP contribution in [-0.2, 0) is 14.9 Å². The summed E-state index contributed by atoms with van der Waals surface area (Å²) < 4.78 is 30.4. The molecule has 0 aromatic heterocycles. The van der Waals surface area contributed by atoms with Crippen molar-refractivity contribution >= 4 is 27.9 Å². The van der Waals surface area contributed by atoms with E-state index in [4.69, 9.17) is 10.3 Å². The lowest BCUT2D eigenvalue weighted by Crippen LogP contribution is -2.05. The summed E-state index contributed by atoms with van der Waals surface area (Å²) in [5.74, 6) is 0. The Morgan fingerprint density at radius 1 is 1.43 bits per heavy atom. The molecule has 0 aliphatic rings. The van der Waals surface area contributed by atoms with Crippen LogP contribution in [0, 0.1) is 0 Å². The average molecular weight is 216 g/mol. The number of carbonyl (C=O) groups is 1. The van der Waals surface area contributed by atoms with E-state index in [1.165, 1.54) is 12.1 Å². The van der Waals surface area contributed by atoms with Crippen molar-refractivity contribution in [3.05, 3.63) is 18.2 Å². The highest BCUT2D eigenvalue weighted by Gasteiger charge is 2.15. The second-order valence-corrected chi connectivity index (χ2v) is 3.88. The average Bonchev–Trinajstić information content (AvgIpc) is 2.07. The van der Waals surface area contributed by atoms with E-state index in [-0.39, 0.29) is 11.4 Å². The molecule has 0 heterocycles. The van der Waals surface area contributed by atoms with Gasteiger partial charge in [0, 0.05) is 5.69 Å². The van der Waals surface area contributed by atoms with Gasteiger partial charge in [0.05, 0.1) is 5.69 Å². The van der Waals surface area contributed by atoms with Gasteiger partial charge in [-0.05, 0) is 18.2 Å². The molecule has 0 saturated carbocycles. The van der Waals surface area contributed by atoms with Crippen LogP contribution < -0.4 is 11.1 Å². The Hall–Kier alpha value is -1.60. The van der Waals surface area contributed by atoms with Crippen LogP contribution in [0.25, 0.3) is 0 Å². The molecule has 0 fully saturated rings. The third-order valence-corrected chi connectivity index (χ3v) is 2.39. The molecular formula is C7H8N2O4S. The van der Waals surface area contributed by atoms with Crippen LogP contribution in [0.5, 0.6) is 0 Å². The smallest absolute Gasteiger partial charge is 0.296 e. The Kier molecular flexibility index (Phi) is 2.73. The van der Waals surface area contributed by atoms with E-state index < -0.39 is 15.0 Å². The molecule has 0 radical (unpaired) electrons. The zero-order valence-electron chi connectivity index (χ0n) is 6.97. The minimum Gasteiger partial charge on any atom is -0.399 e. The Balaban J connectivity index is 3.37. The van der Waals surface area contributed by atoms with Crippen molar-refractivity contribution in [1.29, 1.82) is 0 Å². The fourth-order valence-electron chi connectivity index (χ4n) is 0.935. The predicted octanol–water partition coefficient (Wildman–Crippen LogP) is 0.0838. The van der Waals surface area contributed by atoms with E-state index >= 15 is 0 Å². The first kappa shape index (κ1) is 10.5. The summed E-state index contributed by atoms with van der Waals surface area (Å²) in [5, 5.41) is 2.13. The summed E-state index contributed by atoms with van der Waals surface area (Å²) in [6, 6.07) is 3.74. The normalized spacial score (nSPS) is 10.9. The van der Waals surface area contributed by atoms with E-state index in [1.807, 2.05) is 0 Å². The first-order chi connectivity index (χ1) is 6.45. The Labute approximate surface area is 80.5 Å². The second kappa shape index (κ2) is 3.64. The summed E-state index contributed by atoms with van der Waals surface area (Å²) >= 11 is 0. The molecule has 1 amide bonds. The third-order valence-electron chi connectivity index (χ3n) is 1.50. The largest absolute Gasteiger partial charge is 0.399 e. The van der Waals surface area contributed by atoms with Crippen LogP contribution >= 0.6 is 0 Å². The van der Waals surface area contributed by atoms with Gasteiger partial charge < -0.3 is 11.1 Å². The number of benzene rings is 1. The first-order valence-electron chi connectivity index (χ1n) is 3.52. The number of hydrogen-bond donors (Lipinski definition) is 3. The zero-order chi connectivity index (χ0) is 10.8. The fraction of sp³-hybridized carbons (Fsp3) is 0. The fourth-order valence-corrected chi connectivity index (χ4v) is 1.62. The van der Waals surface area contributed by atoms with Crippen molar-refractivity contribution in [2.75, 3.05) is 11.1 Å². The maximum absolute atomic E-state index is 10.8. The van der Waals surface area contributed by atoms with Crippen LogP contribution in [-0.4, -0.2) is 19.4 Å². The van der Waals surface area contributed by atoms with Gasteiger partial charge in [-0.1, -0.05) is 0 Å². The van der Waals surface area contributed by atoms with Crippen molar-refractivity contribution in [3.8, 4) is 0 Å². The first-order valence-corrected chi connectivity index (χ1v) is 4.96. The molecule has 0 unspecified atom stereocenters. The van der Waals surface area contributed by atoms with Crippen LogP contribution in [0.1, 0.15) is 0 Å². The van der Waals surface area contributed by atoms with Gasteiger partial charge in [-0.2, -0.15) is 8.42 Å². The molecule has 7 heteroatoms. The molecule has 0 aliphatic heterocycles. The quantitative estimate of drug-likeness (QED) is 0.376. The lowest BCUT2D eigenvalue weighted by Gasteiger charge is -2.05. The SMILES string of the molecule is Nc1ccc(NC=O)c(S(=O)(=O)O)c1. The number of hydrogen-bond acceptors (Lipinski definition) is 4. The van der Waals surface area contributed by atoms with Crippen molar-refractivity contribution in [1.82, 2.24) is 0 Å². The lowest BCUT2D eigenvalue weighted by molar-refractivity contribution is -0.105. The van der Waals surface area contributed by atoms with Gasteiger partial charge in [0.2, 0.25) is 6.41 Å². The number of anilines is 2. The van der Waals surface area contributed by atoms with Crippen molar-refractivity contribution in [3.63, 3.8) is 0 Å². The Morgan fingerprint density at radius 3 is 2.57 bits per heavy atom. The molecule has 4 N–H and O–H groups in total. The zero-order valence-corrected chi connectivity index (χ0v) is 7.78. The molecule has 6 nitrogen and oxygen atoms in total. The number of nitrogens with two attached hydrogens (primary N) is 1. The van der Waals surface area contributed by atoms with Gasteiger partial charge >= 0.3 is 0 Å². The number of rotatable bonds is 3. The van der Waals surface area contributed by atoms with Gasteiger partial charge in [0.25, 0.3) is 10.1 Å². The molecule has 1 aromatic rings. The van der Waals surface area contributed by atoms with E-state index in [2.05, 4.69) is 5.32 Å². The molecule has 0 atom stereocenters. The Morgan fingerprint density at radius 2 is 2.07 bits per heavy atom. The van der Waals surface area contributed by atoms with Crippen LogP contribution in [0.15, 0.2) is 23.1 Å². The van der Waals surface area contributed by atoms with Gasteiger partial charge in [0.15, 0.2) is 0 Å². The number of amides is 1. The maximum atomic E-state index is 10.8. The molecule has 1 rings (SSSR count). The molecule has 1 aromatic carbocycles. The van der Waals surface area contributed by atoms with Crippen molar-refractivity contribution in [2.45, 2.75) is 4.90 Å². The summed E-state index contributed by atoms with van der Waals surface area (Å²) in [6.07, 6.45) is 0.306. The molecule has 0 bridgehead atoms. The summed E-state index contributed by atoms with van der Waals surface area (Å²) in [6.45, 7) is 0. The van der Waals surface area contributed by atoms with Crippen molar-refractivity contribution < 1.29 is 17.8 Å². The third kappa shape index (κ3) is 2.21. The molecule has 0 spiro atoms. The highest BCUT2D eigenvalue weighted by atomic mass is 32.2. The van der Waals surface area contributed by atoms with Gasteiger partial charge in [0.1, 0.15) is 4.90 Å². The van der Waals surface area contributed by atoms with Gasteiger partial charge in [-0.25, -0.2) is 0 Å². The van der Waals surface area contributed by atoms with E-state index in [0.29, 0.717) is 6.41 Å². The van der Waals surface area contributed by atoms with Gasteiger partial charge in [-0.15, -0.1) is 0 Å². The standard InChI is InChI=1S/C7H8N2O4S/c8-5-1-2-6(9-4-10)7(3-5)14(11,12)13/h1-4H,8H2,(H,9,10)(H,11,12,13). The van der Waals surface area contributed by atoms with E-state index in [9.17, 15) is 13.2 Å². The molecule has 14 heavy (non-hydrogen) atoms. The summed E-state index contributed by atoms with van der Waals surface area (Å²) in [7, 11) is -4.38. The summed E-state index contributed by atoms with van der Waals surface area (Å²) in [4.78, 5) is 9.69. The van der Waals surface area contributed by atoms with Crippen LogP contribution in [0.3, 0.4) is 0 Å². The number of nitrogens with one attached hydrogen (secondary N) is 1. The molecule has 76 valence electrons. The highest BCUT2D eigenvalue weighted by Crippen LogP contribution is 2.22. The minimum absolute atomic E-state index is 0.0169. The molecular weight excluding hydrogens is 208 g/mol. The topological polar surface area (TPSA) is 109 Å². The van der Waals surface area contributed by atoms with Gasteiger partial charge in [-0.3, -0.25) is 9.35 Å². The van der Waals surface area contributed by atoms with E-state index in [0.717, 1.165) is 6.07 Å². The second-order valence-electron chi connectivity index (χ2n) is 2.49. The lowest BCUT2D eigenvalue weighted by atomic mass is 10.3. The summed E-state index contributed by atoms with van der Waals surface area (Å²) in [5.41, 5.74) is 5.49. The van der Waals surface area contributed by atoms with Crippen molar-refractivity contribution in [2.24, 2.45) is 0 Å². The maximum Gasteiger partial charge on any atom is 0.296 e. The molecule has 0 aliphatic carbocycles. The van der Waals surface area contributed by atoms with E-state index in [1.54, 1.807) is 0 Å². The van der Waals surface area contributed by atoms with Crippen LogP contribution in [0.4, 0.5) is 11.4 Å². The monoisotopic (exact) mass is 216 g/mol. The minimum atomic E-state index is -4.38. The number of carbonyl (C=O) groups excluding carboxylic acids is 1. The Bertz CT molecular complexity index is 455.